The molecule has 0 bridgehead atoms. The number of anilines is 2. The fourth-order valence-corrected chi connectivity index (χ4v) is 6.90. The Balaban J connectivity index is 1.64. The minimum Gasteiger partial charge on any atom is -0.611 e. The first-order chi connectivity index (χ1) is 15.6. The second-order valence-corrected chi connectivity index (χ2v) is 10.6. The Labute approximate surface area is 191 Å². The molecule has 0 amide bonds. The molecule has 1 aliphatic rings. The highest BCUT2D eigenvalue weighted by atomic mass is 32.2. The van der Waals surface area contributed by atoms with Gasteiger partial charge in [-0.1, -0.05) is 11.3 Å². The van der Waals surface area contributed by atoms with Gasteiger partial charge in [-0.3, -0.25) is 4.68 Å². The number of nitrogen functional groups attached to an aromatic ring is 1. The topological polar surface area (TPSA) is 138 Å². The number of nitrogens with two attached hydrogens (primary N) is 1. The summed E-state index contributed by atoms with van der Waals surface area (Å²) in [6.45, 7) is 0.380. The number of nitrogens with zero attached hydrogens (tertiary/aromatic N) is 5. The molecule has 1 atom stereocenters. The number of aromatic nitrogens is 5. The van der Waals surface area contributed by atoms with Crippen molar-refractivity contribution in [1.29, 1.82) is 0 Å². The van der Waals surface area contributed by atoms with Gasteiger partial charge in [-0.15, -0.1) is 0 Å². The van der Waals surface area contributed by atoms with E-state index in [2.05, 4.69) is 20.4 Å². The Morgan fingerprint density at radius 2 is 2.12 bits per heavy atom. The number of thiophene rings is 1. The van der Waals surface area contributed by atoms with Crippen LogP contribution in [0.4, 0.5) is 11.6 Å². The molecule has 5 rings (SSSR count). The number of aliphatic hydroxyl groups excluding tert-OH is 1. The average molecular weight is 470 g/mol. The maximum Gasteiger partial charge on any atom is 0.232 e. The van der Waals surface area contributed by atoms with E-state index in [0.29, 0.717) is 28.1 Å². The largest absolute Gasteiger partial charge is 0.611 e. The monoisotopic (exact) mass is 469 g/mol. The van der Waals surface area contributed by atoms with Crippen LogP contribution in [0.25, 0.3) is 32.7 Å². The summed E-state index contributed by atoms with van der Waals surface area (Å²) in [6.07, 6.45) is 8.19. The van der Waals surface area contributed by atoms with Gasteiger partial charge in [0.2, 0.25) is 10.2 Å². The van der Waals surface area contributed by atoms with Crippen LogP contribution in [0.1, 0.15) is 19.3 Å². The predicted octanol–water partition coefficient (Wildman–Crippen LogP) is 2.80. The zero-order valence-corrected chi connectivity index (χ0v) is 19.1. The lowest BCUT2D eigenvalue weighted by Crippen LogP contribution is -2.28. The van der Waals surface area contributed by atoms with Gasteiger partial charge in [0.25, 0.3) is 0 Å². The molecule has 32 heavy (non-hydrogen) atoms. The van der Waals surface area contributed by atoms with E-state index in [9.17, 15) is 4.55 Å². The molecule has 4 heterocycles. The number of fused-ring (bicyclic) bond motifs is 1. The Kier molecular flexibility index (Phi) is 5.72. The Hall–Kier alpha value is -2.73. The molecule has 0 spiro atoms. The molecule has 4 aromatic rings. The minimum atomic E-state index is -1.13. The van der Waals surface area contributed by atoms with E-state index in [1.165, 1.54) is 11.3 Å². The van der Waals surface area contributed by atoms with Crippen LogP contribution in [-0.2, 0) is 18.2 Å². The van der Waals surface area contributed by atoms with Gasteiger partial charge >= 0.3 is 0 Å². The molecule has 11 heteroatoms. The fourth-order valence-electron chi connectivity index (χ4n) is 3.69. The molecular weight excluding hydrogens is 446 g/mol. The summed E-state index contributed by atoms with van der Waals surface area (Å²) in [5.41, 5.74) is 10.3. The fraction of sp³-hybridized carbons (Fsp3) is 0.333. The van der Waals surface area contributed by atoms with Crippen molar-refractivity contribution in [3.05, 3.63) is 30.7 Å². The van der Waals surface area contributed by atoms with Crippen LogP contribution < -0.4 is 11.1 Å². The smallest absolute Gasteiger partial charge is 0.232 e. The van der Waals surface area contributed by atoms with Gasteiger partial charge in [-0.2, -0.15) is 5.10 Å². The number of hydrogen-bond acceptors (Lipinski definition) is 9. The molecule has 4 N–H and O–H groups in total. The molecule has 0 aliphatic heterocycles. The van der Waals surface area contributed by atoms with Gasteiger partial charge in [-0.05, 0) is 31.4 Å². The van der Waals surface area contributed by atoms with Crippen LogP contribution in [0.15, 0.2) is 34.9 Å². The van der Waals surface area contributed by atoms with Crippen molar-refractivity contribution in [2.75, 3.05) is 24.2 Å². The Morgan fingerprint density at radius 3 is 2.75 bits per heavy atom. The van der Waals surface area contributed by atoms with E-state index < -0.39 is 11.2 Å². The molecule has 1 fully saturated rings. The van der Waals surface area contributed by atoms with Crippen LogP contribution in [0.3, 0.4) is 0 Å². The summed E-state index contributed by atoms with van der Waals surface area (Å²) in [4.78, 5) is 14.2. The maximum absolute atomic E-state index is 13.1. The quantitative estimate of drug-likeness (QED) is 0.351. The van der Waals surface area contributed by atoms with Crippen molar-refractivity contribution in [1.82, 2.24) is 24.7 Å². The molecular formula is C21H23N7O2S2. The van der Waals surface area contributed by atoms with E-state index in [-0.39, 0.29) is 11.9 Å². The summed E-state index contributed by atoms with van der Waals surface area (Å²) in [5.74, 6) is 0.439. The molecule has 0 radical (unpaired) electrons. The standard InChI is InChI=1S/C21H23N7O2S2/c1-28-16(5-6-26-28)14-9-15(12-10-24-21(25-11-12)23-7-8-29)27-19-17(14)18(22)20(31-19)32(30)13-3-2-4-13/h5-6,9-11,13,29H,2-4,7-8,22H2,1H3,(H,23,24,25). The second kappa shape index (κ2) is 8.66. The van der Waals surface area contributed by atoms with E-state index in [1.54, 1.807) is 23.3 Å². The van der Waals surface area contributed by atoms with Gasteiger partial charge in [-0.25, -0.2) is 15.0 Å². The third-order valence-electron chi connectivity index (χ3n) is 5.64. The SMILES string of the molecule is Cn1nccc1-c1cc(-c2cnc(NCCO)nc2)nc2sc([S+]([O-])C3CCC3)c(N)c12. The van der Waals surface area contributed by atoms with Crippen molar-refractivity contribution in [2.45, 2.75) is 28.7 Å². The van der Waals surface area contributed by atoms with Crippen molar-refractivity contribution >= 4 is 44.4 Å². The van der Waals surface area contributed by atoms with Gasteiger partial charge < -0.3 is 20.7 Å². The van der Waals surface area contributed by atoms with Crippen LogP contribution in [0, 0.1) is 0 Å². The van der Waals surface area contributed by atoms with E-state index in [4.69, 9.17) is 15.8 Å². The maximum atomic E-state index is 13.1. The van der Waals surface area contributed by atoms with E-state index >= 15 is 0 Å². The highest BCUT2D eigenvalue weighted by Crippen LogP contribution is 2.45. The first-order valence-electron chi connectivity index (χ1n) is 10.4. The highest BCUT2D eigenvalue weighted by Gasteiger charge is 2.35. The number of rotatable bonds is 7. The van der Waals surface area contributed by atoms with Gasteiger partial charge in [0.1, 0.15) is 15.8 Å². The van der Waals surface area contributed by atoms with Crippen molar-refractivity contribution in [3.63, 3.8) is 0 Å². The molecule has 0 saturated heterocycles. The van der Waals surface area contributed by atoms with Crippen LogP contribution in [-0.4, -0.2) is 52.8 Å². The van der Waals surface area contributed by atoms with E-state index in [1.807, 2.05) is 19.2 Å². The lowest BCUT2D eigenvalue weighted by atomic mass is 10.0. The first kappa shape index (κ1) is 21.1. The zero-order valence-electron chi connectivity index (χ0n) is 17.5. The summed E-state index contributed by atoms with van der Waals surface area (Å²) < 4.78 is 15.6. The number of pyridine rings is 1. The molecule has 0 aromatic carbocycles. The molecule has 1 aliphatic carbocycles. The van der Waals surface area contributed by atoms with Gasteiger partial charge in [0.15, 0.2) is 0 Å². The molecule has 1 unspecified atom stereocenters. The molecule has 9 nitrogen and oxygen atoms in total. The minimum absolute atomic E-state index is 0.00174. The van der Waals surface area contributed by atoms with Crippen LogP contribution in [0.2, 0.25) is 0 Å². The Morgan fingerprint density at radius 1 is 1.34 bits per heavy atom. The normalized spacial score (nSPS) is 15.1. The third-order valence-corrected chi connectivity index (χ3v) is 8.94. The number of aryl methyl sites for hydroxylation is 1. The van der Waals surface area contributed by atoms with Crippen LogP contribution in [0.5, 0.6) is 0 Å². The lowest BCUT2D eigenvalue weighted by Gasteiger charge is -2.27. The number of hydrogen-bond donors (Lipinski definition) is 3. The van der Waals surface area contributed by atoms with Crippen molar-refractivity contribution < 1.29 is 9.66 Å². The van der Waals surface area contributed by atoms with Crippen molar-refractivity contribution in [2.24, 2.45) is 7.05 Å². The zero-order chi connectivity index (χ0) is 22.2. The molecule has 1 saturated carbocycles. The predicted molar refractivity (Wildman–Crippen MR) is 127 cm³/mol. The summed E-state index contributed by atoms with van der Waals surface area (Å²) in [6, 6.07) is 3.88. The summed E-state index contributed by atoms with van der Waals surface area (Å²) in [5, 5.41) is 17.2. The molecule has 4 aromatic heterocycles. The third kappa shape index (κ3) is 3.71. The van der Waals surface area contributed by atoms with Gasteiger partial charge in [0, 0.05) is 59.9 Å². The van der Waals surface area contributed by atoms with E-state index in [0.717, 1.165) is 46.3 Å². The van der Waals surface area contributed by atoms with Gasteiger partial charge in [0.05, 0.1) is 18.0 Å². The Bertz CT molecular complexity index is 1250. The summed E-state index contributed by atoms with van der Waals surface area (Å²) in [7, 11) is 1.88. The second-order valence-electron chi connectivity index (χ2n) is 7.67. The number of nitrogens with one attached hydrogen (secondary N) is 1. The summed E-state index contributed by atoms with van der Waals surface area (Å²) >= 11 is 0.277. The van der Waals surface area contributed by atoms with Crippen molar-refractivity contribution in [3.8, 4) is 22.5 Å². The highest BCUT2D eigenvalue weighted by molar-refractivity contribution is 7.94. The number of aliphatic hydroxyl groups is 1. The first-order valence-corrected chi connectivity index (χ1v) is 12.4. The average Bonchev–Trinajstić information content (AvgIpc) is 3.34. The lowest BCUT2D eigenvalue weighted by molar-refractivity contribution is 0.311. The van der Waals surface area contributed by atoms with Crippen LogP contribution >= 0.6 is 11.3 Å². The molecule has 166 valence electrons.